The standard InChI is InChI=1S/C20H22FN5O/c1-26(17-10-13-3-2-4-16(23-13)20(17)21)19-8-7-15(24-25-19)14-6-5-12(11-22)9-18(14)27/h5-9,13,16-17,20,23,27H,2-4,10H2,1H3/t13?,16?,17-,20+/m0/s1. The van der Waals surface area contributed by atoms with Crippen LogP contribution in [0.2, 0.25) is 0 Å². The quantitative estimate of drug-likeness (QED) is 0.868. The number of aromatic hydroxyl groups is 1. The van der Waals surface area contributed by atoms with Crippen LogP contribution in [0.25, 0.3) is 11.3 Å². The number of nitriles is 1. The number of nitrogens with one attached hydrogen (secondary N) is 1. The number of anilines is 1. The Morgan fingerprint density at radius 3 is 2.81 bits per heavy atom. The molecule has 3 heterocycles. The molecule has 1 aromatic carbocycles. The van der Waals surface area contributed by atoms with Gasteiger partial charge in [0.05, 0.1) is 23.4 Å². The van der Waals surface area contributed by atoms with Crippen molar-refractivity contribution in [3.05, 3.63) is 35.9 Å². The second-order valence-electron chi connectivity index (χ2n) is 7.38. The molecule has 0 amide bonds. The monoisotopic (exact) mass is 367 g/mol. The van der Waals surface area contributed by atoms with E-state index in [1.54, 1.807) is 24.3 Å². The molecule has 2 unspecified atom stereocenters. The topological polar surface area (TPSA) is 85.1 Å². The molecule has 7 heteroatoms. The van der Waals surface area contributed by atoms with Gasteiger partial charge < -0.3 is 15.3 Å². The number of phenols is 1. The number of nitrogens with zero attached hydrogens (tertiary/aromatic N) is 4. The highest BCUT2D eigenvalue weighted by molar-refractivity contribution is 5.68. The highest BCUT2D eigenvalue weighted by Crippen LogP contribution is 2.33. The normalized spacial score (nSPS) is 27.0. The molecule has 0 saturated carbocycles. The van der Waals surface area contributed by atoms with Crippen LogP contribution in [-0.4, -0.2) is 46.6 Å². The first-order valence-electron chi connectivity index (χ1n) is 9.27. The highest BCUT2D eigenvalue weighted by Gasteiger charge is 2.41. The van der Waals surface area contributed by atoms with E-state index in [9.17, 15) is 9.50 Å². The first-order chi connectivity index (χ1) is 13.1. The highest BCUT2D eigenvalue weighted by atomic mass is 19.1. The predicted molar refractivity (Wildman–Crippen MR) is 100 cm³/mol. The predicted octanol–water partition coefficient (Wildman–Crippen LogP) is 2.78. The molecule has 2 bridgehead atoms. The number of rotatable bonds is 3. The number of halogens is 1. The fraction of sp³-hybridized carbons (Fsp3) is 0.450. The maximum Gasteiger partial charge on any atom is 0.151 e. The Labute approximate surface area is 157 Å². The van der Waals surface area contributed by atoms with Crippen LogP contribution in [0.15, 0.2) is 30.3 Å². The van der Waals surface area contributed by atoms with E-state index in [0.29, 0.717) is 28.7 Å². The van der Waals surface area contributed by atoms with Crippen molar-refractivity contribution in [2.45, 2.75) is 50.0 Å². The molecule has 1 aromatic heterocycles. The lowest BCUT2D eigenvalue weighted by atomic mass is 9.82. The van der Waals surface area contributed by atoms with E-state index in [1.165, 1.54) is 6.07 Å². The van der Waals surface area contributed by atoms with E-state index >= 15 is 0 Å². The minimum Gasteiger partial charge on any atom is -0.507 e. The molecule has 2 fully saturated rings. The van der Waals surface area contributed by atoms with Crippen LogP contribution >= 0.6 is 0 Å². The van der Waals surface area contributed by atoms with Gasteiger partial charge in [0.25, 0.3) is 0 Å². The molecule has 2 N–H and O–H groups in total. The third kappa shape index (κ3) is 3.33. The van der Waals surface area contributed by atoms with E-state index in [0.717, 1.165) is 25.7 Å². The Balaban J connectivity index is 1.54. The van der Waals surface area contributed by atoms with Crippen LogP contribution in [-0.2, 0) is 0 Å². The van der Waals surface area contributed by atoms with E-state index in [4.69, 9.17) is 5.26 Å². The van der Waals surface area contributed by atoms with Crippen LogP contribution < -0.4 is 10.2 Å². The molecule has 2 aliphatic heterocycles. The first kappa shape index (κ1) is 17.7. The molecule has 0 aliphatic carbocycles. The van der Waals surface area contributed by atoms with Gasteiger partial charge in [0.2, 0.25) is 0 Å². The summed E-state index contributed by atoms with van der Waals surface area (Å²) >= 11 is 0. The number of hydrogen-bond acceptors (Lipinski definition) is 6. The van der Waals surface area contributed by atoms with Crippen LogP contribution in [0, 0.1) is 11.3 Å². The smallest absolute Gasteiger partial charge is 0.151 e. The third-order valence-electron chi connectivity index (χ3n) is 5.71. The van der Waals surface area contributed by atoms with Crippen molar-refractivity contribution in [2.24, 2.45) is 0 Å². The van der Waals surface area contributed by atoms with E-state index < -0.39 is 6.17 Å². The zero-order valence-corrected chi connectivity index (χ0v) is 15.1. The number of aromatic nitrogens is 2. The average Bonchev–Trinajstić information content (AvgIpc) is 2.70. The summed E-state index contributed by atoms with van der Waals surface area (Å²) in [5.41, 5.74) is 1.40. The van der Waals surface area contributed by atoms with Gasteiger partial charge in [-0.05, 0) is 49.6 Å². The van der Waals surface area contributed by atoms with Crippen LogP contribution in [0.4, 0.5) is 10.2 Å². The summed E-state index contributed by atoms with van der Waals surface area (Å²) in [4.78, 5) is 1.88. The molecule has 2 aliphatic rings. The molecule has 0 radical (unpaired) electrons. The maximum atomic E-state index is 14.9. The van der Waals surface area contributed by atoms with Crippen molar-refractivity contribution in [3.8, 4) is 23.1 Å². The molecule has 4 atom stereocenters. The van der Waals surface area contributed by atoms with Crippen molar-refractivity contribution >= 4 is 5.82 Å². The van der Waals surface area contributed by atoms with Gasteiger partial charge in [0.1, 0.15) is 11.9 Å². The number of fused-ring (bicyclic) bond motifs is 2. The summed E-state index contributed by atoms with van der Waals surface area (Å²) in [5, 5.41) is 30.9. The lowest BCUT2D eigenvalue weighted by molar-refractivity contribution is 0.107. The maximum absolute atomic E-state index is 14.9. The zero-order valence-electron chi connectivity index (χ0n) is 15.1. The number of alkyl halides is 1. The summed E-state index contributed by atoms with van der Waals surface area (Å²) < 4.78 is 14.9. The fourth-order valence-electron chi connectivity index (χ4n) is 4.20. The van der Waals surface area contributed by atoms with Gasteiger partial charge in [-0.15, -0.1) is 10.2 Å². The molecule has 2 saturated heterocycles. The Morgan fingerprint density at radius 2 is 2.11 bits per heavy atom. The number of benzene rings is 1. The second-order valence-corrected chi connectivity index (χ2v) is 7.38. The van der Waals surface area contributed by atoms with Gasteiger partial charge in [0.15, 0.2) is 5.82 Å². The molecule has 6 nitrogen and oxygen atoms in total. The van der Waals surface area contributed by atoms with Crippen molar-refractivity contribution in [3.63, 3.8) is 0 Å². The Hall–Kier alpha value is -2.72. The summed E-state index contributed by atoms with van der Waals surface area (Å²) in [6, 6.07) is 10.3. The first-order valence-corrected chi connectivity index (χ1v) is 9.27. The molecular weight excluding hydrogens is 345 g/mol. The van der Waals surface area contributed by atoms with Crippen LogP contribution in [0.1, 0.15) is 31.2 Å². The third-order valence-corrected chi connectivity index (χ3v) is 5.71. The summed E-state index contributed by atoms with van der Waals surface area (Å²) in [6.45, 7) is 0. The second kappa shape index (κ2) is 7.12. The molecule has 2 aromatic rings. The molecule has 4 rings (SSSR count). The fourth-order valence-corrected chi connectivity index (χ4v) is 4.20. The summed E-state index contributed by atoms with van der Waals surface area (Å²) in [7, 11) is 1.86. The van der Waals surface area contributed by atoms with Gasteiger partial charge in [-0.25, -0.2) is 4.39 Å². The molecule has 0 spiro atoms. The van der Waals surface area contributed by atoms with Gasteiger partial charge in [0, 0.05) is 24.7 Å². The van der Waals surface area contributed by atoms with E-state index in [1.807, 2.05) is 18.0 Å². The van der Waals surface area contributed by atoms with Gasteiger partial charge in [-0.2, -0.15) is 5.26 Å². The zero-order chi connectivity index (χ0) is 19.0. The summed E-state index contributed by atoms with van der Waals surface area (Å²) in [5.74, 6) is 0.596. The van der Waals surface area contributed by atoms with Gasteiger partial charge in [-0.3, -0.25) is 0 Å². The largest absolute Gasteiger partial charge is 0.507 e. The van der Waals surface area contributed by atoms with Crippen LogP contribution in [0.5, 0.6) is 5.75 Å². The Bertz CT molecular complexity index is 866. The van der Waals surface area contributed by atoms with Crippen molar-refractivity contribution < 1.29 is 9.50 Å². The molecule has 27 heavy (non-hydrogen) atoms. The molecular formula is C20H22FN5O. The van der Waals surface area contributed by atoms with Crippen molar-refractivity contribution in [1.29, 1.82) is 5.26 Å². The Kier molecular flexibility index (Phi) is 4.66. The van der Waals surface area contributed by atoms with Gasteiger partial charge >= 0.3 is 0 Å². The number of phenolic OH excluding ortho intramolecular Hbond substituents is 1. The minimum atomic E-state index is -0.935. The van der Waals surface area contributed by atoms with Crippen molar-refractivity contribution in [2.75, 3.05) is 11.9 Å². The summed E-state index contributed by atoms with van der Waals surface area (Å²) in [6.07, 6.45) is 2.88. The van der Waals surface area contributed by atoms with E-state index in [2.05, 4.69) is 15.5 Å². The lowest BCUT2D eigenvalue weighted by Crippen LogP contribution is -2.61. The Morgan fingerprint density at radius 1 is 1.26 bits per heavy atom. The SMILES string of the molecule is CN(c1ccc(-c2ccc(C#N)cc2O)nn1)[C@H]1CC2CCCC(N2)[C@H]1F. The van der Waals surface area contributed by atoms with Crippen molar-refractivity contribution in [1.82, 2.24) is 15.5 Å². The van der Waals surface area contributed by atoms with E-state index in [-0.39, 0.29) is 17.8 Å². The number of hydrogen-bond donors (Lipinski definition) is 2. The minimum absolute atomic E-state index is 0.0144. The molecule has 140 valence electrons. The average molecular weight is 367 g/mol. The lowest BCUT2D eigenvalue weighted by Gasteiger charge is -2.46. The number of piperidine rings is 2. The van der Waals surface area contributed by atoms with Gasteiger partial charge in [-0.1, -0.05) is 6.42 Å². The van der Waals surface area contributed by atoms with Crippen LogP contribution in [0.3, 0.4) is 0 Å².